The Balaban J connectivity index is 2.90. The van der Waals surface area contributed by atoms with Crippen LogP contribution in [0.2, 0.25) is 5.02 Å². The van der Waals surface area contributed by atoms with Gasteiger partial charge in [0.1, 0.15) is 6.07 Å². The molecule has 2 rings (SSSR count). The Labute approximate surface area is 84.4 Å². The molecular formula is C9H5ClN2S. The Morgan fingerprint density at radius 3 is 3.08 bits per heavy atom. The molecule has 0 N–H and O–H groups in total. The summed E-state index contributed by atoms with van der Waals surface area (Å²) in [5, 5.41) is 11.2. The summed E-state index contributed by atoms with van der Waals surface area (Å²) in [6.07, 6.45) is 1.52. The number of hydrogen-bond donors (Lipinski definition) is 0. The van der Waals surface area contributed by atoms with Crippen LogP contribution in [0.4, 0.5) is 0 Å². The number of nitriles is 1. The van der Waals surface area contributed by atoms with E-state index in [1.54, 1.807) is 0 Å². The molecule has 0 fully saturated rings. The van der Waals surface area contributed by atoms with Crippen molar-refractivity contribution in [2.75, 3.05) is 0 Å². The summed E-state index contributed by atoms with van der Waals surface area (Å²) in [5.41, 5.74) is 2.44. The third kappa shape index (κ3) is 1.19. The summed E-state index contributed by atoms with van der Waals surface area (Å²) in [6.45, 7) is 1.98. The fourth-order valence-corrected chi connectivity index (χ4v) is 2.40. The van der Waals surface area contributed by atoms with Crippen molar-refractivity contribution in [3.63, 3.8) is 0 Å². The van der Waals surface area contributed by atoms with Gasteiger partial charge in [-0.1, -0.05) is 11.6 Å². The minimum atomic E-state index is 0.441. The Kier molecular flexibility index (Phi) is 1.95. The first-order valence-corrected chi connectivity index (χ1v) is 4.92. The number of thiophene rings is 1. The second-order valence-corrected chi connectivity index (χ2v) is 3.95. The lowest BCUT2D eigenvalue weighted by molar-refractivity contribution is 1.36. The van der Waals surface area contributed by atoms with E-state index in [4.69, 9.17) is 16.9 Å². The summed E-state index contributed by atoms with van der Waals surface area (Å²) >= 11 is 7.53. The molecule has 0 amide bonds. The number of halogens is 1. The normalized spacial score (nSPS) is 10.2. The molecule has 0 atom stereocenters. The zero-order valence-electron chi connectivity index (χ0n) is 6.84. The van der Waals surface area contributed by atoms with Gasteiger partial charge in [-0.2, -0.15) is 5.26 Å². The molecule has 0 aliphatic heterocycles. The van der Waals surface area contributed by atoms with E-state index in [2.05, 4.69) is 4.98 Å². The minimum Gasteiger partial charge on any atom is -0.254 e. The summed E-state index contributed by atoms with van der Waals surface area (Å²) in [5.74, 6) is 0. The van der Waals surface area contributed by atoms with Crippen LogP contribution in [0.15, 0.2) is 11.6 Å². The van der Waals surface area contributed by atoms with Crippen LogP contribution >= 0.6 is 22.9 Å². The molecule has 0 unspecified atom stereocenters. The summed E-state index contributed by atoms with van der Waals surface area (Å²) < 4.78 is 0.901. The lowest BCUT2D eigenvalue weighted by Crippen LogP contribution is -1.81. The molecule has 4 heteroatoms. The number of rotatable bonds is 0. The smallest absolute Gasteiger partial charge is 0.102 e. The van der Waals surface area contributed by atoms with Crippen molar-refractivity contribution in [3.8, 4) is 6.07 Å². The molecule has 2 nitrogen and oxygen atoms in total. The molecule has 2 heterocycles. The van der Waals surface area contributed by atoms with Gasteiger partial charge < -0.3 is 0 Å². The SMILES string of the molecule is Cc1csc2c(Cl)c(C#N)cnc12. The number of nitrogens with zero attached hydrogens (tertiary/aromatic N) is 2. The van der Waals surface area contributed by atoms with Crippen LogP contribution in [0.5, 0.6) is 0 Å². The first kappa shape index (κ1) is 8.49. The summed E-state index contributed by atoms with van der Waals surface area (Å²) in [7, 11) is 0. The molecule has 13 heavy (non-hydrogen) atoms. The molecule has 0 aromatic carbocycles. The summed E-state index contributed by atoms with van der Waals surface area (Å²) in [6, 6.07) is 2.01. The van der Waals surface area contributed by atoms with Gasteiger partial charge in [-0.05, 0) is 17.9 Å². The van der Waals surface area contributed by atoms with Crippen molar-refractivity contribution < 1.29 is 0 Å². The number of aromatic nitrogens is 1. The van der Waals surface area contributed by atoms with Gasteiger partial charge in [0.05, 0.1) is 20.8 Å². The van der Waals surface area contributed by atoms with Crippen LogP contribution in [0.25, 0.3) is 10.2 Å². The van der Waals surface area contributed by atoms with Crippen LogP contribution in [-0.2, 0) is 0 Å². The highest BCUT2D eigenvalue weighted by molar-refractivity contribution is 7.18. The molecular weight excluding hydrogens is 204 g/mol. The Bertz CT molecular complexity index is 510. The zero-order chi connectivity index (χ0) is 9.42. The number of fused-ring (bicyclic) bond motifs is 1. The van der Waals surface area contributed by atoms with Crippen LogP contribution in [-0.4, -0.2) is 4.98 Å². The Morgan fingerprint density at radius 2 is 2.38 bits per heavy atom. The lowest BCUT2D eigenvalue weighted by atomic mass is 10.2. The highest BCUT2D eigenvalue weighted by Crippen LogP contribution is 2.31. The lowest BCUT2D eigenvalue weighted by Gasteiger charge is -1.95. The molecule has 2 aromatic heterocycles. The van der Waals surface area contributed by atoms with Gasteiger partial charge in [0, 0.05) is 6.20 Å². The van der Waals surface area contributed by atoms with Crippen molar-refractivity contribution in [2.24, 2.45) is 0 Å². The highest BCUT2D eigenvalue weighted by atomic mass is 35.5. The van der Waals surface area contributed by atoms with Crippen LogP contribution in [0, 0.1) is 18.3 Å². The van der Waals surface area contributed by atoms with Gasteiger partial charge in [0.2, 0.25) is 0 Å². The molecule has 0 aliphatic rings. The fourth-order valence-electron chi connectivity index (χ4n) is 1.14. The first-order chi connectivity index (χ1) is 6.24. The predicted molar refractivity (Wildman–Crippen MR) is 54.1 cm³/mol. The van der Waals surface area contributed by atoms with E-state index in [-0.39, 0.29) is 0 Å². The molecule has 64 valence electrons. The van der Waals surface area contributed by atoms with Gasteiger partial charge in [-0.3, -0.25) is 4.98 Å². The first-order valence-electron chi connectivity index (χ1n) is 3.66. The van der Waals surface area contributed by atoms with Crippen LogP contribution < -0.4 is 0 Å². The number of aryl methyl sites for hydroxylation is 1. The third-order valence-corrected chi connectivity index (χ3v) is 3.43. The topological polar surface area (TPSA) is 36.7 Å². The number of hydrogen-bond acceptors (Lipinski definition) is 3. The molecule has 0 saturated carbocycles. The molecule has 0 radical (unpaired) electrons. The van der Waals surface area contributed by atoms with Crippen LogP contribution in [0.3, 0.4) is 0 Å². The van der Waals surface area contributed by atoms with Crippen molar-refractivity contribution in [1.82, 2.24) is 4.98 Å². The minimum absolute atomic E-state index is 0.441. The van der Waals surface area contributed by atoms with Gasteiger partial charge in [-0.25, -0.2) is 0 Å². The van der Waals surface area contributed by atoms with Gasteiger partial charge in [-0.15, -0.1) is 11.3 Å². The van der Waals surface area contributed by atoms with E-state index >= 15 is 0 Å². The molecule has 0 bridgehead atoms. The maximum atomic E-state index is 8.71. The molecule has 0 spiro atoms. The van der Waals surface area contributed by atoms with Gasteiger partial charge >= 0.3 is 0 Å². The molecule has 0 saturated heterocycles. The van der Waals surface area contributed by atoms with E-state index in [9.17, 15) is 0 Å². The monoisotopic (exact) mass is 208 g/mol. The maximum Gasteiger partial charge on any atom is 0.102 e. The van der Waals surface area contributed by atoms with Gasteiger partial charge in [0.15, 0.2) is 0 Å². The summed E-state index contributed by atoms with van der Waals surface area (Å²) in [4.78, 5) is 4.18. The third-order valence-electron chi connectivity index (χ3n) is 1.82. The van der Waals surface area contributed by atoms with Gasteiger partial charge in [0.25, 0.3) is 0 Å². The zero-order valence-corrected chi connectivity index (χ0v) is 8.41. The average molecular weight is 209 g/mol. The molecule has 0 aliphatic carbocycles. The van der Waals surface area contributed by atoms with E-state index in [1.807, 2.05) is 18.4 Å². The predicted octanol–water partition coefficient (Wildman–Crippen LogP) is 3.13. The van der Waals surface area contributed by atoms with Crippen molar-refractivity contribution in [2.45, 2.75) is 6.92 Å². The van der Waals surface area contributed by atoms with Crippen LogP contribution in [0.1, 0.15) is 11.1 Å². The highest BCUT2D eigenvalue weighted by Gasteiger charge is 2.09. The van der Waals surface area contributed by atoms with E-state index in [0.717, 1.165) is 15.8 Å². The largest absolute Gasteiger partial charge is 0.254 e. The standard InChI is InChI=1S/C9H5ClN2S/c1-5-4-13-9-7(10)6(2-11)3-12-8(5)9/h3-4H,1H3. The quantitative estimate of drug-likeness (QED) is 0.667. The second kappa shape index (κ2) is 2.99. The molecule has 2 aromatic rings. The Hall–Kier alpha value is -1.11. The van der Waals surface area contributed by atoms with Crippen molar-refractivity contribution in [3.05, 3.63) is 27.7 Å². The van der Waals surface area contributed by atoms with E-state index in [1.165, 1.54) is 17.5 Å². The van der Waals surface area contributed by atoms with E-state index in [0.29, 0.717) is 10.6 Å². The van der Waals surface area contributed by atoms with E-state index < -0.39 is 0 Å². The second-order valence-electron chi connectivity index (χ2n) is 2.69. The average Bonchev–Trinajstić information content (AvgIpc) is 2.50. The fraction of sp³-hybridized carbons (Fsp3) is 0.111. The Morgan fingerprint density at radius 1 is 1.62 bits per heavy atom. The maximum absolute atomic E-state index is 8.71. The van der Waals surface area contributed by atoms with Crippen molar-refractivity contribution >= 4 is 33.2 Å². The number of pyridine rings is 1. The van der Waals surface area contributed by atoms with Crippen molar-refractivity contribution in [1.29, 1.82) is 5.26 Å².